The molecule has 0 saturated heterocycles. The fraction of sp³-hybridized carbons (Fsp3) is 0.417. The van der Waals surface area contributed by atoms with E-state index in [4.69, 9.17) is 0 Å². The van der Waals surface area contributed by atoms with Gasteiger partial charge < -0.3 is 5.11 Å². The summed E-state index contributed by atoms with van der Waals surface area (Å²) in [5.41, 5.74) is 0.880. The van der Waals surface area contributed by atoms with E-state index in [2.05, 4.69) is 15.9 Å². The van der Waals surface area contributed by atoms with Gasteiger partial charge in [-0.1, -0.05) is 35.0 Å². The van der Waals surface area contributed by atoms with Gasteiger partial charge in [-0.15, -0.1) is 0 Å². The minimum atomic E-state index is -0.711. The van der Waals surface area contributed by atoms with Gasteiger partial charge in [0.2, 0.25) is 0 Å². The van der Waals surface area contributed by atoms with Gasteiger partial charge in [0.15, 0.2) is 0 Å². The third-order valence-electron chi connectivity index (χ3n) is 3.19. The minimum Gasteiger partial charge on any atom is -0.481 e. The van der Waals surface area contributed by atoms with Crippen LogP contribution in [-0.2, 0) is 4.79 Å². The number of aliphatic carboxylic acids is 1. The summed E-state index contributed by atoms with van der Waals surface area (Å²) in [6, 6.07) is 7.59. The van der Waals surface area contributed by atoms with Crippen molar-refractivity contribution >= 4 is 21.9 Å². The predicted octanol–water partition coefficient (Wildman–Crippen LogP) is 3.42. The summed E-state index contributed by atoms with van der Waals surface area (Å²) in [5, 5.41) is 9.26. The zero-order valence-electron chi connectivity index (χ0n) is 8.53. The molecule has 1 N–H and O–H groups in total. The topological polar surface area (TPSA) is 37.3 Å². The normalized spacial score (nSPS) is 19.6. The summed E-state index contributed by atoms with van der Waals surface area (Å²) in [7, 11) is 0. The maximum Gasteiger partial charge on any atom is 0.311 e. The van der Waals surface area contributed by atoms with Gasteiger partial charge in [0.25, 0.3) is 0 Å². The first-order valence-corrected chi connectivity index (χ1v) is 5.80. The Hall–Kier alpha value is -0.830. The van der Waals surface area contributed by atoms with Crippen molar-refractivity contribution in [2.45, 2.75) is 25.7 Å². The van der Waals surface area contributed by atoms with E-state index in [0.717, 1.165) is 22.9 Å². The van der Waals surface area contributed by atoms with Crippen LogP contribution in [0.25, 0.3) is 0 Å². The van der Waals surface area contributed by atoms with Crippen LogP contribution in [0.2, 0.25) is 0 Å². The molecule has 1 atom stereocenters. The first kappa shape index (κ1) is 10.7. The first-order valence-electron chi connectivity index (χ1n) is 5.01. The van der Waals surface area contributed by atoms with Crippen LogP contribution in [0.4, 0.5) is 0 Å². The molecule has 2 rings (SSSR count). The molecule has 0 aromatic heterocycles. The van der Waals surface area contributed by atoms with Gasteiger partial charge in [0.1, 0.15) is 0 Å². The van der Waals surface area contributed by atoms with Crippen molar-refractivity contribution < 1.29 is 9.90 Å². The number of carboxylic acid groups (broad SMARTS) is 1. The van der Waals surface area contributed by atoms with E-state index < -0.39 is 5.97 Å². The number of halogens is 1. The molecule has 0 heterocycles. The third kappa shape index (κ3) is 2.07. The van der Waals surface area contributed by atoms with Crippen molar-refractivity contribution in [1.29, 1.82) is 0 Å². The van der Waals surface area contributed by atoms with E-state index in [0.29, 0.717) is 0 Å². The molecule has 0 amide bonds. The van der Waals surface area contributed by atoms with Crippen molar-refractivity contribution in [3.05, 3.63) is 34.3 Å². The molecule has 1 aromatic rings. The number of benzene rings is 1. The lowest BCUT2D eigenvalue weighted by molar-refractivity contribution is -0.140. The number of carbonyl (C=O) groups is 1. The molecule has 3 heteroatoms. The average molecular weight is 269 g/mol. The van der Waals surface area contributed by atoms with Crippen LogP contribution in [0, 0.1) is 5.41 Å². The van der Waals surface area contributed by atoms with E-state index >= 15 is 0 Å². The molecule has 1 saturated carbocycles. The Labute approximate surface area is 97.4 Å². The van der Waals surface area contributed by atoms with Crippen molar-refractivity contribution in [3.63, 3.8) is 0 Å². The smallest absolute Gasteiger partial charge is 0.311 e. The maximum absolute atomic E-state index is 11.3. The summed E-state index contributed by atoms with van der Waals surface area (Å²) in [5.74, 6) is -1.07. The van der Waals surface area contributed by atoms with Crippen LogP contribution < -0.4 is 0 Å². The zero-order chi connectivity index (χ0) is 11.1. The molecule has 0 bridgehead atoms. The van der Waals surface area contributed by atoms with E-state index in [1.54, 1.807) is 0 Å². The molecule has 15 heavy (non-hydrogen) atoms. The second kappa shape index (κ2) is 3.63. The average Bonchev–Trinajstić information content (AvgIpc) is 2.88. The highest BCUT2D eigenvalue weighted by molar-refractivity contribution is 9.10. The van der Waals surface area contributed by atoms with E-state index in [9.17, 15) is 9.90 Å². The molecule has 0 aliphatic heterocycles. The van der Waals surface area contributed by atoms with E-state index in [1.165, 1.54) is 0 Å². The predicted molar refractivity (Wildman–Crippen MR) is 61.9 cm³/mol. The Kier molecular flexibility index (Phi) is 2.59. The summed E-state index contributed by atoms with van der Waals surface area (Å²) < 4.78 is 0.983. The summed E-state index contributed by atoms with van der Waals surface area (Å²) in [6.07, 6.45) is 2.03. The standard InChI is InChI=1S/C12H13BrO2/c1-12(6-7-12)10(11(14)15)8-2-4-9(13)5-3-8/h2-5,10H,6-7H2,1H3,(H,14,15). The number of hydrogen-bond acceptors (Lipinski definition) is 1. The fourth-order valence-electron chi connectivity index (χ4n) is 1.98. The molecule has 1 aromatic carbocycles. The molecule has 2 nitrogen and oxygen atoms in total. The molecule has 1 unspecified atom stereocenters. The van der Waals surface area contributed by atoms with Crippen molar-refractivity contribution in [1.82, 2.24) is 0 Å². The summed E-state index contributed by atoms with van der Waals surface area (Å²) >= 11 is 3.35. The highest BCUT2D eigenvalue weighted by atomic mass is 79.9. The van der Waals surface area contributed by atoms with Gasteiger partial charge in [-0.2, -0.15) is 0 Å². The van der Waals surface area contributed by atoms with Gasteiger partial charge in [-0.3, -0.25) is 4.79 Å². The lowest BCUT2D eigenvalue weighted by Crippen LogP contribution is -2.20. The Morgan fingerprint density at radius 1 is 1.40 bits per heavy atom. The van der Waals surface area contributed by atoms with Crippen LogP contribution in [0.1, 0.15) is 31.2 Å². The summed E-state index contributed by atoms with van der Waals surface area (Å²) in [4.78, 5) is 11.3. The molecule has 0 spiro atoms. The molecule has 0 radical (unpaired) electrons. The first-order chi connectivity index (χ1) is 7.03. The minimum absolute atomic E-state index is 0.0281. The molecular formula is C12H13BrO2. The maximum atomic E-state index is 11.3. The van der Waals surface area contributed by atoms with Gasteiger partial charge in [-0.25, -0.2) is 0 Å². The SMILES string of the molecule is CC1(C(C(=O)O)c2ccc(Br)cc2)CC1. The van der Waals surface area contributed by atoms with Crippen molar-refractivity contribution in [2.24, 2.45) is 5.41 Å². The van der Waals surface area contributed by atoms with E-state index in [1.807, 2.05) is 31.2 Å². The van der Waals surface area contributed by atoms with Crippen LogP contribution in [-0.4, -0.2) is 11.1 Å². The highest BCUT2D eigenvalue weighted by Gasteiger charge is 2.49. The Morgan fingerprint density at radius 3 is 2.33 bits per heavy atom. The van der Waals surface area contributed by atoms with Gasteiger partial charge in [-0.05, 0) is 36.0 Å². The second-order valence-electron chi connectivity index (χ2n) is 4.48. The lowest BCUT2D eigenvalue weighted by Gasteiger charge is -2.19. The Bertz CT molecular complexity index is 379. The van der Waals surface area contributed by atoms with Crippen LogP contribution in [0.5, 0.6) is 0 Å². The number of carboxylic acids is 1. The Balaban J connectivity index is 2.33. The lowest BCUT2D eigenvalue weighted by atomic mass is 9.85. The number of rotatable bonds is 3. The van der Waals surface area contributed by atoms with E-state index in [-0.39, 0.29) is 11.3 Å². The quantitative estimate of drug-likeness (QED) is 0.912. The Morgan fingerprint density at radius 2 is 1.93 bits per heavy atom. The van der Waals surface area contributed by atoms with Gasteiger partial charge in [0.05, 0.1) is 5.92 Å². The highest BCUT2D eigenvalue weighted by Crippen LogP contribution is 2.55. The monoisotopic (exact) mass is 268 g/mol. The largest absolute Gasteiger partial charge is 0.481 e. The van der Waals surface area contributed by atoms with Crippen molar-refractivity contribution in [3.8, 4) is 0 Å². The van der Waals surface area contributed by atoms with Crippen molar-refractivity contribution in [2.75, 3.05) is 0 Å². The zero-order valence-corrected chi connectivity index (χ0v) is 10.1. The molecule has 1 aliphatic carbocycles. The molecule has 80 valence electrons. The number of hydrogen-bond donors (Lipinski definition) is 1. The van der Waals surface area contributed by atoms with Crippen LogP contribution in [0.15, 0.2) is 28.7 Å². The van der Waals surface area contributed by atoms with Gasteiger partial charge in [0, 0.05) is 4.47 Å². The third-order valence-corrected chi connectivity index (χ3v) is 3.71. The van der Waals surface area contributed by atoms with Gasteiger partial charge >= 0.3 is 5.97 Å². The van der Waals surface area contributed by atoms with Crippen LogP contribution >= 0.6 is 15.9 Å². The summed E-state index contributed by atoms with van der Waals surface area (Å²) in [6.45, 7) is 2.05. The molecular weight excluding hydrogens is 256 g/mol. The van der Waals surface area contributed by atoms with Crippen LogP contribution in [0.3, 0.4) is 0 Å². The molecule has 1 fully saturated rings. The second-order valence-corrected chi connectivity index (χ2v) is 5.39. The molecule has 1 aliphatic rings. The fourth-order valence-corrected chi connectivity index (χ4v) is 2.25.